The highest BCUT2D eigenvalue weighted by Gasteiger charge is 2.08. The molecular formula is C21H23ClN4O2S. The molecule has 0 bridgehead atoms. The van der Waals surface area contributed by atoms with E-state index in [0.29, 0.717) is 15.7 Å². The predicted octanol–water partition coefficient (Wildman–Crippen LogP) is 3.83. The maximum absolute atomic E-state index is 11.6. The molecule has 0 aliphatic rings. The van der Waals surface area contributed by atoms with Crippen LogP contribution in [0.25, 0.3) is 23.1 Å². The first-order valence-electron chi connectivity index (χ1n) is 9.06. The van der Waals surface area contributed by atoms with Crippen LogP contribution in [0.4, 0.5) is 5.82 Å². The first-order chi connectivity index (χ1) is 13.7. The molecule has 2 aromatic carbocycles. The lowest BCUT2D eigenvalue weighted by atomic mass is 10.2. The summed E-state index contributed by atoms with van der Waals surface area (Å²) in [4.78, 5) is 11.6. The van der Waals surface area contributed by atoms with Gasteiger partial charge in [-0.25, -0.2) is 18.4 Å². The molecule has 0 amide bonds. The molecular weight excluding hydrogens is 408 g/mol. The normalized spacial score (nSPS) is 12.2. The van der Waals surface area contributed by atoms with Crippen LogP contribution >= 0.6 is 11.6 Å². The van der Waals surface area contributed by atoms with E-state index in [-0.39, 0.29) is 0 Å². The van der Waals surface area contributed by atoms with Crippen molar-refractivity contribution in [3.05, 3.63) is 58.9 Å². The van der Waals surface area contributed by atoms with Gasteiger partial charge in [-0.3, -0.25) is 0 Å². The molecule has 1 heterocycles. The summed E-state index contributed by atoms with van der Waals surface area (Å²) in [6.45, 7) is 1.60. The van der Waals surface area contributed by atoms with Crippen molar-refractivity contribution in [1.29, 1.82) is 0 Å². The number of fused-ring (bicyclic) bond motifs is 1. The summed E-state index contributed by atoms with van der Waals surface area (Å²) in [7, 11) is 0.821. The van der Waals surface area contributed by atoms with Crippen molar-refractivity contribution in [2.24, 2.45) is 0 Å². The second-order valence-electron chi connectivity index (χ2n) is 7.00. The van der Waals surface area contributed by atoms with E-state index in [9.17, 15) is 8.42 Å². The number of halogens is 1. The van der Waals surface area contributed by atoms with Crippen molar-refractivity contribution in [3.8, 4) is 0 Å². The largest absolute Gasteiger partial charge is 0.368 e. The van der Waals surface area contributed by atoms with Crippen molar-refractivity contribution < 1.29 is 8.42 Å². The Labute approximate surface area is 176 Å². The molecule has 3 aromatic rings. The summed E-state index contributed by atoms with van der Waals surface area (Å²) in [5.41, 5.74) is 1.66. The smallest absolute Gasteiger partial charge is 0.175 e. The van der Waals surface area contributed by atoms with Gasteiger partial charge >= 0.3 is 0 Å². The Kier molecular flexibility index (Phi) is 6.52. The monoisotopic (exact) mass is 430 g/mol. The number of likely N-dealkylation sites (N-methyl/N-ethyl adjacent to an activating group) is 1. The standard InChI is InChI=1S/C21H23ClN4O2S/c1-26(2)13-12-23-21-18-14-16(22)7-10-19(18)24-20(25-21)11-6-15-4-8-17(9-5-15)29(3,27)28/h4-11,14H,12-13H2,1-3H3,(H,23,24,25). The van der Waals surface area contributed by atoms with Crippen molar-refractivity contribution in [3.63, 3.8) is 0 Å². The van der Waals surface area contributed by atoms with E-state index in [1.807, 2.05) is 32.3 Å². The lowest BCUT2D eigenvalue weighted by Gasteiger charge is -2.13. The molecule has 8 heteroatoms. The maximum Gasteiger partial charge on any atom is 0.175 e. The molecule has 6 nitrogen and oxygen atoms in total. The predicted molar refractivity (Wildman–Crippen MR) is 120 cm³/mol. The second kappa shape index (κ2) is 8.90. The molecule has 1 aromatic heterocycles. The molecule has 0 radical (unpaired) electrons. The Morgan fingerprint density at radius 1 is 1.07 bits per heavy atom. The van der Waals surface area contributed by atoms with Gasteiger partial charge in [0.25, 0.3) is 0 Å². The fourth-order valence-electron chi connectivity index (χ4n) is 2.72. The van der Waals surface area contributed by atoms with E-state index in [0.717, 1.165) is 35.4 Å². The summed E-state index contributed by atoms with van der Waals surface area (Å²) in [6, 6.07) is 12.2. The zero-order chi connectivity index (χ0) is 21.0. The molecule has 1 N–H and O–H groups in total. The van der Waals surface area contributed by atoms with Gasteiger partial charge in [0.15, 0.2) is 15.7 Å². The van der Waals surface area contributed by atoms with Gasteiger partial charge < -0.3 is 10.2 Å². The van der Waals surface area contributed by atoms with Crippen LogP contribution in [0.15, 0.2) is 47.4 Å². The lowest BCUT2D eigenvalue weighted by Crippen LogP contribution is -2.21. The van der Waals surface area contributed by atoms with Gasteiger partial charge in [-0.05, 0) is 56.1 Å². The molecule has 0 spiro atoms. The summed E-state index contributed by atoms with van der Waals surface area (Å²) >= 11 is 6.15. The van der Waals surface area contributed by atoms with Crippen LogP contribution in [0.5, 0.6) is 0 Å². The Morgan fingerprint density at radius 2 is 1.79 bits per heavy atom. The number of benzene rings is 2. The van der Waals surface area contributed by atoms with E-state index in [1.165, 1.54) is 6.26 Å². The minimum absolute atomic E-state index is 0.292. The highest BCUT2D eigenvalue weighted by Crippen LogP contribution is 2.24. The Morgan fingerprint density at radius 3 is 2.45 bits per heavy atom. The molecule has 0 saturated heterocycles. The van der Waals surface area contributed by atoms with Gasteiger partial charge in [0, 0.05) is 29.8 Å². The number of aromatic nitrogens is 2. The van der Waals surface area contributed by atoms with Crippen molar-refractivity contribution >= 4 is 50.3 Å². The van der Waals surface area contributed by atoms with Gasteiger partial charge in [0.05, 0.1) is 10.4 Å². The number of anilines is 1. The highest BCUT2D eigenvalue weighted by molar-refractivity contribution is 7.90. The summed E-state index contributed by atoms with van der Waals surface area (Å²) in [6.07, 6.45) is 4.85. The third-order valence-corrected chi connectivity index (χ3v) is 5.62. The molecule has 0 unspecified atom stereocenters. The Balaban J connectivity index is 1.90. The van der Waals surface area contributed by atoms with Gasteiger partial charge in [0.1, 0.15) is 5.82 Å². The number of nitrogens with zero attached hydrogens (tertiary/aromatic N) is 3. The van der Waals surface area contributed by atoms with Gasteiger partial charge in [-0.1, -0.05) is 29.8 Å². The molecule has 3 rings (SSSR count). The molecule has 0 atom stereocenters. The molecule has 0 saturated carbocycles. The molecule has 0 fully saturated rings. The average Bonchev–Trinajstić information content (AvgIpc) is 2.66. The lowest BCUT2D eigenvalue weighted by molar-refractivity contribution is 0.425. The van der Waals surface area contributed by atoms with Gasteiger partial charge in [-0.2, -0.15) is 0 Å². The molecule has 29 heavy (non-hydrogen) atoms. The van der Waals surface area contributed by atoms with E-state index < -0.39 is 9.84 Å². The maximum atomic E-state index is 11.6. The zero-order valence-corrected chi connectivity index (χ0v) is 18.1. The summed E-state index contributed by atoms with van der Waals surface area (Å²) in [5.74, 6) is 1.28. The Bertz CT molecular complexity index is 1140. The summed E-state index contributed by atoms with van der Waals surface area (Å²) in [5, 5.41) is 4.85. The van der Waals surface area contributed by atoms with Crippen molar-refractivity contribution in [2.45, 2.75) is 4.90 Å². The van der Waals surface area contributed by atoms with Crippen LogP contribution in [-0.2, 0) is 9.84 Å². The van der Waals surface area contributed by atoms with Crippen molar-refractivity contribution in [1.82, 2.24) is 14.9 Å². The third-order valence-electron chi connectivity index (χ3n) is 4.26. The third kappa shape index (κ3) is 5.76. The molecule has 0 aliphatic carbocycles. The van der Waals surface area contributed by atoms with Crippen LogP contribution in [0.3, 0.4) is 0 Å². The van der Waals surface area contributed by atoms with Gasteiger partial charge in [-0.15, -0.1) is 0 Å². The number of sulfone groups is 1. The highest BCUT2D eigenvalue weighted by atomic mass is 35.5. The van der Waals surface area contributed by atoms with Crippen LogP contribution in [0.1, 0.15) is 11.4 Å². The zero-order valence-electron chi connectivity index (χ0n) is 16.6. The second-order valence-corrected chi connectivity index (χ2v) is 9.45. The number of rotatable bonds is 7. The fourth-order valence-corrected chi connectivity index (χ4v) is 3.53. The fraction of sp³-hybridized carbons (Fsp3) is 0.238. The molecule has 152 valence electrons. The van der Waals surface area contributed by atoms with Gasteiger partial charge in [0.2, 0.25) is 0 Å². The van der Waals surface area contributed by atoms with E-state index >= 15 is 0 Å². The number of hydrogen-bond acceptors (Lipinski definition) is 6. The van der Waals surface area contributed by atoms with Crippen LogP contribution in [0.2, 0.25) is 5.02 Å². The quantitative estimate of drug-likeness (QED) is 0.614. The first-order valence-corrected chi connectivity index (χ1v) is 11.3. The molecule has 0 aliphatic heterocycles. The minimum atomic E-state index is -3.21. The van der Waals surface area contributed by atoms with E-state index in [2.05, 4.69) is 20.2 Å². The Hall–Kier alpha value is -2.48. The average molecular weight is 431 g/mol. The topological polar surface area (TPSA) is 75.2 Å². The number of hydrogen-bond donors (Lipinski definition) is 1. The van der Waals surface area contributed by atoms with Crippen LogP contribution in [0, 0.1) is 0 Å². The SMILES string of the molecule is CN(C)CCNc1nc(C=Cc2ccc(S(C)(=O)=O)cc2)nc2ccc(Cl)cc12. The number of nitrogens with one attached hydrogen (secondary N) is 1. The van der Waals surface area contributed by atoms with Crippen LogP contribution < -0.4 is 5.32 Å². The first kappa shape index (κ1) is 21.2. The van der Waals surface area contributed by atoms with E-state index in [1.54, 1.807) is 36.4 Å². The van der Waals surface area contributed by atoms with E-state index in [4.69, 9.17) is 11.6 Å². The van der Waals surface area contributed by atoms with Crippen molar-refractivity contribution in [2.75, 3.05) is 38.8 Å². The van der Waals surface area contributed by atoms with Crippen LogP contribution in [-0.4, -0.2) is 56.7 Å². The summed E-state index contributed by atoms with van der Waals surface area (Å²) < 4.78 is 23.2. The minimum Gasteiger partial charge on any atom is -0.368 e.